The summed E-state index contributed by atoms with van der Waals surface area (Å²) in [4.78, 5) is 13.7. The van der Waals surface area contributed by atoms with Crippen LogP contribution in [0.3, 0.4) is 0 Å². The summed E-state index contributed by atoms with van der Waals surface area (Å²) in [5, 5.41) is 12.6. The van der Waals surface area contributed by atoms with Crippen LogP contribution >= 0.6 is 11.8 Å². The minimum atomic E-state index is -0.318. The maximum Gasteiger partial charge on any atom is 0.240 e. The van der Waals surface area contributed by atoms with E-state index < -0.39 is 0 Å². The molecular formula is C9H16N2O2S. The monoisotopic (exact) mass is 216 g/mol. The first-order valence-corrected chi connectivity index (χ1v) is 6.21. The van der Waals surface area contributed by atoms with E-state index in [0.29, 0.717) is 6.54 Å². The number of piperidine rings is 1. The first-order chi connectivity index (χ1) is 6.77. The van der Waals surface area contributed by atoms with Gasteiger partial charge in [0.25, 0.3) is 0 Å². The van der Waals surface area contributed by atoms with E-state index in [-0.39, 0.29) is 18.1 Å². The first kappa shape index (κ1) is 10.3. The van der Waals surface area contributed by atoms with E-state index in [9.17, 15) is 9.90 Å². The Morgan fingerprint density at radius 3 is 3.07 bits per heavy atom. The van der Waals surface area contributed by atoms with Crippen LogP contribution in [0.2, 0.25) is 0 Å². The van der Waals surface area contributed by atoms with Gasteiger partial charge in [-0.25, -0.2) is 0 Å². The summed E-state index contributed by atoms with van der Waals surface area (Å²) < 4.78 is 0. The standard InChI is InChI=1S/C9H16N2O2S/c12-7-2-1-3-11(4-7)9(13)8-5-14-6-10-8/h7-8,10,12H,1-6H2. The second-order valence-corrected chi connectivity index (χ2v) is 4.88. The van der Waals surface area contributed by atoms with Crippen molar-refractivity contribution in [3.8, 4) is 0 Å². The normalized spacial score (nSPS) is 33.4. The number of nitrogens with one attached hydrogen (secondary N) is 1. The van der Waals surface area contributed by atoms with Crippen molar-refractivity contribution in [3.05, 3.63) is 0 Å². The molecule has 2 aliphatic heterocycles. The van der Waals surface area contributed by atoms with E-state index in [2.05, 4.69) is 5.32 Å². The molecule has 2 fully saturated rings. The molecule has 0 spiro atoms. The molecule has 2 atom stereocenters. The Hall–Kier alpha value is -0.260. The molecule has 2 N–H and O–H groups in total. The van der Waals surface area contributed by atoms with E-state index in [0.717, 1.165) is 31.0 Å². The molecule has 2 heterocycles. The molecule has 14 heavy (non-hydrogen) atoms. The number of nitrogens with zero attached hydrogens (tertiary/aromatic N) is 1. The van der Waals surface area contributed by atoms with E-state index in [1.54, 1.807) is 16.7 Å². The van der Waals surface area contributed by atoms with Crippen molar-refractivity contribution in [1.29, 1.82) is 0 Å². The molecule has 2 saturated heterocycles. The zero-order valence-corrected chi connectivity index (χ0v) is 8.92. The Bertz CT molecular complexity index is 219. The highest BCUT2D eigenvalue weighted by Crippen LogP contribution is 2.15. The average molecular weight is 216 g/mol. The number of aliphatic hydroxyl groups excluding tert-OH is 1. The van der Waals surface area contributed by atoms with Crippen molar-refractivity contribution in [3.63, 3.8) is 0 Å². The van der Waals surface area contributed by atoms with Gasteiger partial charge in [0.15, 0.2) is 0 Å². The third kappa shape index (κ3) is 2.21. The van der Waals surface area contributed by atoms with Gasteiger partial charge in [-0.05, 0) is 12.8 Å². The quantitative estimate of drug-likeness (QED) is 0.628. The smallest absolute Gasteiger partial charge is 0.240 e. The third-order valence-corrected chi connectivity index (χ3v) is 3.66. The van der Waals surface area contributed by atoms with Crippen molar-refractivity contribution in [2.24, 2.45) is 0 Å². The predicted molar refractivity (Wildman–Crippen MR) is 56.1 cm³/mol. The molecule has 0 saturated carbocycles. The topological polar surface area (TPSA) is 52.6 Å². The minimum absolute atomic E-state index is 0.0229. The molecule has 2 rings (SSSR count). The number of hydrogen-bond donors (Lipinski definition) is 2. The zero-order chi connectivity index (χ0) is 9.97. The average Bonchev–Trinajstić information content (AvgIpc) is 2.69. The maximum atomic E-state index is 11.9. The molecule has 2 aliphatic rings. The Labute approximate surface area is 88.0 Å². The van der Waals surface area contributed by atoms with Crippen LogP contribution < -0.4 is 5.32 Å². The van der Waals surface area contributed by atoms with Gasteiger partial charge in [-0.1, -0.05) is 0 Å². The lowest BCUT2D eigenvalue weighted by molar-refractivity contribution is -0.135. The fourth-order valence-corrected chi connectivity index (χ4v) is 2.86. The molecule has 5 heteroatoms. The summed E-state index contributed by atoms with van der Waals surface area (Å²) in [7, 11) is 0. The third-order valence-electron chi connectivity index (χ3n) is 2.72. The number of thioether (sulfide) groups is 1. The van der Waals surface area contributed by atoms with E-state index in [1.165, 1.54) is 0 Å². The van der Waals surface area contributed by atoms with Gasteiger partial charge in [-0.15, -0.1) is 11.8 Å². The largest absolute Gasteiger partial charge is 0.391 e. The summed E-state index contributed by atoms with van der Waals surface area (Å²) in [6.07, 6.45) is 1.44. The van der Waals surface area contributed by atoms with Gasteiger partial charge >= 0.3 is 0 Å². The number of amides is 1. The summed E-state index contributed by atoms with van der Waals surface area (Å²) >= 11 is 1.75. The summed E-state index contributed by atoms with van der Waals surface area (Å²) in [5.74, 6) is 1.90. The van der Waals surface area contributed by atoms with E-state index in [4.69, 9.17) is 0 Å². The van der Waals surface area contributed by atoms with Crippen LogP contribution in [0, 0.1) is 0 Å². The molecule has 2 unspecified atom stereocenters. The number of aliphatic hydroxyl groups is 1. The fraction of sp³-hybridized carbons (Fsp3) is 0.889. The number of likely N-dealkylation sites (tertiary alicyclic amines) is 1. The number of carbonyl (C=O) groups excluding carboxylic acids is 1. The Morgan fingerprint density at radius 1 is 1.57 bits per heavy atom. The van der Waals surface area contributed by atoms with E-state index >= 15 is 0 Å². The zero-order valence-electron chi connectivity index (χ0n) is 8.11. The molecule has 0 radical (unpaired) electrons. The van der Waals surface area contributed by atoms with Crippen molar-refractivity contribution >= 4 is 17.7 Å². The number of hydrogen-bond acceptors (Lipinski definition) is 4. The van der Waals surface area contributed by atoms with Gasteiger partial charge in [-0.3, -0.25) is 10.1 Å². The van der Waals surface area contributed by atoms with Crippen LogP contribution in [-0.4, -0.2) is 52.8 Å². The Balaban J connectivity index is 1.89. The van der Waals surface area contributed by atoms with Crippen LogP contribution in [0.15, 0.2) is 0 Å². The first-order valence-electron chi connectivity index (χ1n) is 5.05. The highest BCUT2D eigenvalue weighted by Gasteiger charge is 2.29. The lowest BCUT2D eigenvalue weighted by atomic mass is 10.1. The van der Waals surface area contributed by atoms with Crippen LogP contribution in [-0.2, 0) is 4.79 Å². The van der Waals surface area contributed by atoms with Gasteiger partial charge < -0.3 is 10.0 Å². The molecule has 1 amide bonds. The summed E-state index contributed by atoms with van der Waals surface area (Å²) in [6, 6.07) is -0.0229. The van der Waals surface area contributed by atoms with Crippen molar-refractivity contribution in [1.82, 2.24) is 10.2 Å². The van der Waals surface area contributed by atoms with Gasteiger partial charge in [0.05, 0.1) is 12.1 Å². The van der Waals surface area contributed by atoms with Crippen molar-refractivity contribution in [2.75, 3.05) is 24.7 Å². The summed E-state index contributed by atoms with van der Waals surface area (Å²) in [5.41, 5.74) is 0. The van der Waals surface area contributed by atoms with Gasteiger partial charge in [-0.2, -0.15) is 0 Å². The molecule has 4 nitrogen and oxygen atoms in total. The molecule has 0 aliphatic carbocycles. The van der Waals surface area contributed by atoms with Gasteiger partial charge in [0, 0.05) is 24.7 Å². The Kier molecular flexibility index (Phi) is 3.30. The molecule has 80 valence electrons. The Morgan fingerprint density at radius 2 is 2.43 bits per heavy atom. The minimum Gasteiger partial charge on any atom is -0.391 e. The second kappa shape index (κ2) is 4.51. The predicted octanol–water partition coefficient (Wildman–Crippen LogP) is -0.368. The lowest BCUT2D eigenvalue weighted by Gasteiger charge is -2.31. The van der Waals surface area contributed by atoms with Crippen LogP contribution in [0.1, 0.15) is 12.8 Å². The fourth-order valence-electron chi connectivity index (χ4n) is 1.93. The molecule has 0 aromatic carbocycles. The van der Waals surface area contributed by atoms with Gasteiger partial charge in [0.2, 0.25) is 5.91 Å². The lowest BCUT2D eigenvalue weighted by Crippen LogP contribution is -2.49. The second-order valence-electron chi connectivity index (χ2n) is 3.85. The number of rotatable bonds is 1. The van der Waals surface area contributed by atoms with Crippen LogP contribution in [0.5, 0.6) is 0 Å². The van der Waals surface area contributed by atoms with Crippen molar-refractivity contribution in [2.45, 2.75) is 25.0 Å². The number of carbonyl (C=O) groups is 1. The molecule has 0 aromatic rings. The molecule has 0 bridgehead atoms. The molecular weight excluding hydrogens is 200 g/mol. The maximum absolute atomic E-state index is 11.9. The van der Waals surface area contributed by atoms with Crippen molar-refractivity contribution < 1.29 is 9.90 Å². The van der Waals surface area contributed by atoms with Crippen LogP contribution in [0.4, 0.5) is 0 Å². The highest BCUT2D eigenvalue weighted by molar-refractivity contribution is 7.99. The molecule has 0 aromatic heterocycles. The van der Waals surface area contributed by atoms with Crippen LogP contribution in [0.25, 0.3) is 0 Å². The SMILES string of the molecule is O=C(C1CSCN1)N1CCCC(O)C1. The summed E-state index contributed by atoms with van der Waals surface area (Å²) in [6.45, 7) is 1.32. The number of β-amino-alcohol motifs (C(OH)–C–C–N with tert-alkyl or cyclic N) is 1. The highest BCUT2D eigenvalue weighted by atomic mass is 32.2. The van der Waals surface area contributed by atoms with E-state index in [1.807, 2.05) is 0 Å². The van der Waals surface area contributed by atoms with Gasteiger partial charge in [0.1, 0.15) is 0 Å².